The van der Waals surface area contributed by atoms with E-state index in [2.05, 4.69) is 11.8 Å². The lowest BCUT2D eigenvalue weighted by Crippen LogP contribution is -2.52. The van der Waals surface area contributed by atoms with Gasteiger partial charge in [-0.2, -0.15) is 0 Å². The van der Waals surface area contributed by atoms with Crippen LogP contribution >= 0.6 is 0 Å². The van der Waals surface area contributed by atoms with Gasteiger partial charge in [0.2, 0.25) is 0 Å². The number of rotatable bonds is 9. The van der Waals surface area contributed by atoms with Crippen molar-refractivity contribution in [1.29, 1.82) is 0 Å². The third kappa shape index (κ3) is 5.08. The van der Waals surface area contributed by atoms with E-state index in [0.29, 0.717) is 25.1 Å². The summed E-state index contributed by atoms with van der Waals surface area (Å²) in [4.78, 5) is 13.8. The highest BCUT2D eigenvalue weighted by Crippen LogP contribution is 2.44. The Morgan fingerprint density at radius 3 is 1.68 bits per heavy atom. The minimum Gasteiger partial charge on any atom is -0.481 e. The fourth-order valence-corrected chi connectivity index (χ4v) is 5.80. The maximum absolute atomic E-state index is 12.2. The second kappa shape index (κ2) is 10.8. The second-order valence-electron chi connectivity index (χ2n) is 10.8. The zero-order valence-electron chi connectivity index (χ0n) is 22.1. The van der Waals surface area contributed by atoms with E-state index >= 15 is 0 Å². The van der Waals surface area contributed by atoms with Crippen LogP contribution in [0.1, 0.15) is 68.7 Å². The van der Waals surface area contributed by atoms with E-state index in [4.69, 9.17) is 0 Å². The van der Waals surface area contributed by atoms with Gasteiger partial charge in [-0.05, 0) is 61.3 Å². The molecule has 196 valence electrons. The van der Waals surface area contributed by atoms with Crippen LogP contribution in [0.25, 0.3) is 0 Å². The number of carboxylic acid groups (broad SMARTS) is 1. The van der Waals surface area contributed by atoms with Gasteiger partial charge in [-0.3, -0.25) is 9.69 Å². The Morgan fingerprint density at radius 2 is 1.24 bits per heavy atom. The summed E-state index contributed by atoms with van der Waals surface area (Å²) in [5, 5.41) is 33.8. The number of hydrogen-bond acceptors (Lipinski definition) is 4. The minimum atomic E-state index is -1.15. The SMILES string of the molecule is CCC[C@](O)(c1ccc(C(C)(C)C(=O)O)cc1)N1CCC(C(O)(c2ccccc2)c2ccccc2)CC1. The van der Waals surface area contributed by atoms with E-state index in [-0.39, 0.29) is 5.92 Å². The Labute approximate surface area is 220 Å². The molecule has 3 aromatic carbocycles. The van der Waals surface area contributed by atoms with Crippen molar-refractivity contribution in [2.24, 2.45) is 5.92 Å². The Hall–Kier alpha value is -2.99. The molecule has 0 radical (unpaired) electrons. The van der Waals surface area contributed by atoms with Crippen LogP contribution in [0.3, 0.4) is 0 Å². The first kappa shape index (κ1) is 27.1. The molecule has 1 aliphatic rings. The topological polar surface area (TPSA) is 81.0 Å². The highest BCUT2D eigenvalue weighted by Gasteiger charge is 2.45. The Kier molecular flexibility index (Phi) is 7.88. The summed E-state index contributed by atoms with van der Waals surface area (Å²) in [7, 11) is 0. The van der Waals surface area contributed by atoms with Crippen LogP contribution in [-0.4, -0.2) is 39.3 Å². The van der Waals surface area contributed by atoms with Crippen LogP contribution in [0.4, 0.5) is 0 Å². The number of aliphatic hydroxyl groups is 2. The summed E-state index contributed by atoms with van der Waals surface area (Å²) >= 11 is 0. The van der Waals surface area contributed by atoms with Crippen LogP contribution in [0, 0.1) is 5.92 Å². The van der Waals surface area contributed by atoms with Crippen molar-refractivity contribution in [3.8, 4) is 0 Å². The molecule has 5 heteroatoms. The highest BCUT2D eigenvalue weighted by atomic mass is 16.4. The predicted molar refractivity (Wildman–Crippen MR) is 146 cm³/mol. The summed E-state index contributed by atoms with van der Waals surface area (Å²) in [6.45, 7) is 6.72. The van der Waals surface area contributed by atoms with Gasteiger partial charge in [0.05, 0.1) is 5.41 Å². The maximum atomic E-state index is 12.2. The van der Waals surface area contributed by atoms with Crippen LogP contribution in [0.15, 0.2) is 84.9 Å². The predicted octanol–water partition coefficient (Wildman–Crippen LogP) is 5.64. The average molecular weight is 502 g/mol. The Morgan fingerprint density at radius 1 is 0.784 bits per heavy atom. The largest absolute Gasteiger partial charge is 0.481 e. The molecule has 3 aromatic rings. The van der Waals surface area contributed by atoms with Crippen molar-refractivity contribution in [1.82, 2.24) is 4.90 Å². The van der Waals surface area contributed by atoms with Crippen LogP contribution in [-0.2, 0) is 21.5 Å². The number of nitrogens with zero attached hydrogens (tertiary/aromatic N) is 1. The first-order valence-electron chi connectivity index (χ1n) is 13.3. The molecular formula is C32H39NO4. The molecule has 1 saturated heterocycles. The lowest BCUT2D eigenvalue weighted by atomic mass is 9.71. The fourth-order valence-electron chi connectivity index (χ4n) is 5.80. The van der Waals surface area contributed by atoms with E-state index < -0.39 is 22.7 Å². The van der Waals surface area contributed by atoms with Gasteiger partial charge < -0.3 is 15.3 Å². The average Bonchev–Trinajstić information content (AvgIpc) is 2.93. The van der Waals surface area contributed by atoms with Crippen LogP contribution < -0.4 is 0 Å². The first-order valence-corrected chi connectivity index (χ1v) is 13.3. The molecule has 0 bridgehead atoms. The smallest absolute Gasteiger partial charge is 0.313 e. The highest BCUT2D eigenvalue weighted by molar-refractivity contribution is 5.80. The molecule has 1 fully saturated rings. The third-order valence-electron chi connectivity index (χ3n) is 8.24. The monoisotopic (exact) mass is 501 g/mol. The summed E-state index contributed by atoms with van der Waals surface area (Å²) in [5.41, 5.74) is 0.000506. The van der Waals surface area contributed by atoms with E-state index in [9.17, 15) is 20.1 Å². The minimum absolute atomic E-state index is 0.00170. The molecule has 0 saturated carbocycles. The standard InChI is InChI=1S/C32H39NO4/c1-4-21-31(36,25-17-15-24(16-18-25)30(2,3)29(34)35)33-22-19-28(20-23-33)32(37,26-11-7-5-8-12-26)27-13-9-6-10-14-27/h5-18,28,36-37H,4,19-23H2,1-3H3,(H,34,35)/t31-/m0/s1. The Balaban J connectivity index is 1.59. The van der Waals surface area contributed by atoms with E-state index in [1.165, 1.54) is 0 Å². The molecule has 5 nitrogen and oxygen atoms in total. The molecule has 0 amide bonds. The summed E-state index contributed by atoms with van der Waals surface area (Å²) in [5.74, 6) is -0.881. The summed E-state index contributed by atoms with van der Waals surface area (Å²) in [6.07, 6.45) is 2.84. The molecule has 0 unspecified atom stereocenters. The molecular weight excluding hydrogens is 462 g/mol. The molecule has 1 heterocycles. The quantitative estimate of drug-likeness (QED) is 0.353. The molecule has 37 heavy (non-hydrogen) atoms. The van der Waals surface area contributed by atoms with Gasteiger partial charge in [0.15, 0.2) is 0 Å². The van der Waals surface area contributed by atoms with Crippen molar-refractivity contribution in [2.45, 2.75) is 63.2 Å². The van der Waals surface area contributed by atoms with E-state index in [1.807, 2.05) is 84.9 Å². The van der Waals surface area contributed by atoms with Gasteiger partial charge in [0.25, 0.3) is 0 Å². The van der Waals surface area contributed by atoms with Gasteiger partial charge in [-0.15, -0.1) is 0 Å². The molecule has 1 aliphatic heterocycles. The van der Waals surface area contributed by atoms with E-state index in [1.54, 1.807) is 13.8 Å². The van der Waals surface area contributed by atoms with Gasteiger partial charge in [0, 0.05) is 13.1 Å². The van der Waals surface area contributed by atoms with Crippen molar-refractivity contribution in [3.05, 3.63) is 107 Å². The zero-order chi connectivity index (χ0) is 26.7. The van der Waals surface area contributed by atoms with Crippen molar-refractivity contribution < 1.29 is 20.1 Å². The summed E-state index contributed by atoms with van der Waals surface area (Å²) in [6, 6.07) is 27.1. The van der Waals surface area contributed by atoms with Gasteiger partial charge in [0.1, 0.15) is 11.3 Å². The number of likely N-dealkylation sites (tertiary alicyclic amines) is 1. The zero-order valence-corrected chi connectivity index (χ0v) is 22.1. The van der Waals surface area contributed by atoms with Gasteiger partial charge in [-0.1, -0.05) is 98.3 Å². The van der Waals surface area contributed by atoms with Gasteiger partial charge >= 0.3 is 5.97 Å². The fraction of sp³-hybridized carbons (Fsp3) is 0.406. The number of carboxylic acids is 1. The van der Waals surface area contributed by atoms with Crippen LogP contribution in [0.2, 0.25) is 0 Å². The molecule has 3 N–H and O–H groups in total. The Bertz CT molecular complexity index is 1130. The van der Waals surface area contributed by atoms with Crippen LogP contribution in [0.5, 0.6) is 0 Å². The number of hydrogen-bond donors (Lipinski definition) is 3. The molecule has 0 spiro atoms. The second-order valence-corrected chi connectivity index (χ2v) is 10.8. The van der Waals surface area contributed by atoms with E-state index in [0.717, 1.165) is 36.0 Å². The first-order chi connectivity index (χ1) is 17.6. The molecule has 4 rings (SSSR count). The number of carbonyl (C=O) groups is 1. The normalized spacial score (nSPS) is 17.3. The van der Waals surface area contributed by atoms with Crippen molar-refractivity contribution >= 4 is 5.97 Å². The van der Waals surface area contributed by atoms with Gasteiger partial charge in [-0.25, -0.2) is 0 Å². The maximum Gasteiger partial charge on any atom is 0.313 e. The third-order valence-corrected chi connectivity index (χ3v) is 8.24. The lowest BCUT2D eigenvalue weighted by molar-refractivity contribution is -0.144. The molecule has 0 aliphatic carbocycles. The van der Waals surface area contributed by atoms with Crippen molar-refractivity contribution in [2.75, 3.05) is 13.1 Å². The lowest BCUT2D eigenvalue weighted by Gasteiger charge is -2.47. The summed E-state index contributed by atoms with van der Waals surface area (Å²) < 4.78 is 0. The molecule has 1 atom stereocenters. The van der Waals surface area contributed by atoms with Crippen molar-refractivity contribution in [3.63, 3.8) is 0 Å². The number of benzene rings is 3. The molecule has 0 aromatic heterocycles. The number of piperidine rings is 1. The number of aliphatic carboxylic acids is 1.